The second-order valence-electron chi connectivity index (χ2n) is 4.29. The molecule has 4 heteroatoms. The number of carbonyl (C=O) groups is 1. The highest BCUT2D eigenvalue weighted by Gasteiger charge is 2.38. The lowest BCUT2D eigenvalue weighted by molar-refractivity contribution is -0.153. The molecule has 0 radical (unpaired) electrons. The number of rotatable bonds is 3. The van der Waals surface area contributed by atoms with Crippen molar-refractivity contribution in [2.75, 3.05) is 13.7 Å². The van der Waals surface area contributed by atoms with Crippen LogP contribution in [0.1, 0.15) is 24.9 Å². The molecule has 1 aromatic rings. The number of carbonyl (C=O) groups excluding carboxylic acids is 1. The highest BCUT2D eigenvalue weighted by atomic mass is 19.1. The minimum absolute atomic E-state index is 0.105. The molecule has 2 atom stereocenters. The van der Waals surface area contributed by atoms with Crippen molar-refractivity contribution in [3.63, 3.8) is 0 Å². The van der Waals surface area contributed by atoms with Crippen LogP contribution >= 0.6 is 0 Å². The zero-order valence-corrected chi connectivity index (χ0v) is 10.0. The van der Waals surface area contributed by atoms with E-state index >= 15 is 0 Å². The van der Waals surface area contributed by atoms with Crippen LogP contribution in [0.2, 0.25) is 0 Å². The van der Waals surface area contributed by atoms with Crippen molar-refractivity contribution >= 4 is 5.97 Å². The third-order valence-corrected chi connectivity index (χ3v) is 3.38. The summed E-state index contributed by atoms with van der Waals surface area (Å²) in [5.74, 6) is -0.431. The SMILES string of the molecule is COC(=O)C1CCN1C(C)c1ccc(F)cc1. The monoisotopic (exact) mass is 237 g/mol. The lowest BCUT2D eigenvalue weighted by Crippen LogP contribution is -2.53. The quantitative estimate of drug-likeness (QED) is 0.754. The van der Waals surface area contributed by atoms with Crippen molar-refractivity contribution in [3.8, 4) is 0 Å². The Morgan fingerprint density at radius 2 is 2.12 bits per heavy atom. The number of methoxy groups -OCH3 is 1. The van der Waals surface area contributed by atoms with Gasteiger partial charge in [0.15, 0.2) is 0 Å². The summed E-state index contributed by atoms with van der Waals surface area (Å²) in [6.07, 6.45) is 0.832. The van der Waals surface area contributed by atoms with E-state index in [-0.39, 0.29) is 23.9 Å². The molecule has 2 unspecified atom stereocenters. The molecule has 0 aliphatic carbocycles. The van der Waals surface area contributed by atoms with Crippen LogP contribution in [-0.4, -0.2) is 30.6 Å². The first-order valence-electron chi connectivity index (χ1n) is 5.72. The number of benzene rings is 1. The van der Waals surface area contributed by atoms with E-state index in [9.17, 15) is 9.18 Å². The number of nitrogens with zero attached hydrogens (tertiary/aromatic N) is 1. The van der Waals surface area contributed by atoms with Crippen LogP contribution in [0, 0.1) is 5.82 Å². The van der Waals surface area contributed by atoms with Crippen LogP contribution in [0.25, 0.3) is 0 Å². The average molecular weight is 237 g/mol. The van der Waals surface area contributed by atoms with Crippen molar-refractivity contribution in [2.24, 2.45) is 0 Å². The van der Waals surface area contributed by atoms with Crippen LogP contribution in [0.4, 0.5) is 4.39 Å². The number of likely N-dealkylation sites (tertiary alicyclic amines) is 1. The molecule has 2 rings (SSSR count). The average Bonchev–Trinajstić information content (AvgIpc) is 2.28. The summed E-state index contributed by atoms with van der Waals surface area (Å²) >= 11 is 0. The summed E-state index contributed by atoms with van der Waals surface area (Å²) in [5, 5.41) is 0. The van der Waals surface area contributed by atoms with Gasteiger partial charge in [-0.25, -0.2) is 4.39 Å². The van der Waals surface area contributed by atoms with Gasteiger partial charge >= 0.3 is 5.97 Å². The minimum Gasteiger partial charge on any atom is -0.468 e. The van der Waals surface area contributed by atoms with Gasteiger partial charge in [-0.15, -0.1) is 0 Å². The Morgan fingerprint density at radius 1 is 1.47 bits per heavy atom. The maximum absolute atomic E-state index is 12.8. The van der Waals surface area contributed by atoms with E-state index in [4.69, 9.17) is 4.74 Å². The summed E-state index contributed by atoms with van der Waals surface area (Å²) in [6.45, 7) is 2.89. The first-order valence-corrected chi connectivity index (χ1v) is 5.72. The van der Waals surface area contributed by atoms with Crippen LogP contribution < -0.4 is 0 Å². The third-order valence-electron chi connectivity index (χ3n) is 3.38. The molecule has 0 N–H and O–H groups in total. The molecule has 1 fully saturated rings. The first kappa shape index (κ1) is 12.0. The van der Waals surface area contributed by atoms with E-state index < -0.39 is 0 Å². The molecule has 1 heterocycles. The van der Waals surface area contributed by atoms with E-state index in [1.165, 1.54) is 19.2 Å². The molecule has 0 aromatic heterocycles. The molecule has 1 aliphatic rings. The molecule has 0 saturated carbocycles. The molecule has 0 spiro atoms. The normalized spacial score (nSPS) is 21.7. The Kier molecular flexibility index (Phi) is 3.43. The van der Waals surface area contributed by atoms with Crippen molar-refractivity contribution in [1.82, 2.24) is 4.90 Å². The van der Waals surface area contributed by atoms with Gasteiger partial charge in [-0.2, -0.15) is 0 Å². The molecule has 17 heavy (non-hydrogen) atoms. The second kappa shape index (κ2) is 4.84. The van der Waals surface area contributed by atoms with Gasteiger partial charge in [0.05, 0.1) is 7.11 Å². The molecule has 1 aliphatic heterocycles. The Hall–Kier alpha value is -1.42. The zero-order valence-electron chi connectivity index (χ0n) is 10.0. The number of hydrogen-bond donors (Lipinski definition) is 0. The standard InChI is InChI=1S/C13H16FNO2/c1-9(10-3-5-11(14)6-4-10)15-8-7-12(15)13(16)17-2/h3-6,9,12H,7-8H2,1-2H3. The Bertz CT molecular complexity index is 404. The van der Waals surface area contributed by atoms with Crippen molar-refractivity contribution in [1.29, 1.82) is 0 Å². The summed E-state index contributed by atoms with van der Waals surface area (Å²) < 4.78 is 17.6. The van der Waals surface area contributed by atoms with E-state index in [1.54, 1.807) is 12.1 Å². The zero-order chi connectivity index (χ0) is 12.4. The van der Waals surface area contributed by atoms with Gasteiger partial charge in [0.1, 0.15) is 11.9 Å². The van der Waals surface area contributed by atoms with Crippen LogP contribution in [0.15, 0.2) is 24.3 Å². The van der Waals surface area contributed by atoms with Crippen LogP contribution in [0.5, 0.6) is 0 Å². The van der Waals surface area contributed by atoms with Crippen molar-refractivity contribution in [3.05, 3.63) is 35.6 Å². The Labute approximate surface area is 100 Å². The van der Waals surface area contributed by atoms with E-state index in [2.05, 4.69) is 4.90 Å². The molecule has 0 amide bonds. The summed E-state index contributed by atoms with van der Waals surface area (Å²) in [6, 6.07) is 6.35. The van der Waals surface area contributed by atoms with Gasteiger partial charge < -0.3 is 4.74 Å². The Morgan fingerprint density at radius 3 is 2.59 bits per heavy atom. The minimum atomic E-state index is -0.242. The number of hydrogen-bond acceptors (Lipinski definition) is 3. The number of halogens is 1. The fourth-order valence-electron chi connectivity index (χ4n) is 2.19. The predicted octanol–water partition coefficient (Wildman–Crippen LogP) is 2.13. The largest absolute Gasteiger partial charge is 0.468 e. The lowest BCUT2D eigenvalue weighted by atomic mass is 9.96. The Balaban J connectivity index is 2.07. The highest BCUT2D eigenvalue weighted by molar-refractivity contribution is 5.76. The summed E-state index contributed by atoms with van der Waals surface area (Å²) in [7, 11) is 1.40. The summed E-state index contributed by atoms with van der Waals surface area (Å²) in [4.78, 5) is 13.5. The first-order chi connectivity index (χ1) is 8.13. The van der Waals surface area contributed by atoms with E-state index in [0.717, 1.165) is 18.5 Å². The van der Waals surface area contributed by atoms with Crippen molar-refractivity contribution < 1.29 is 13.9 Å². The van der Waals surface area contributed by atoms with Gasteiger partial charge in [-0.3, -0.25) is 9.69 Å². The predicted molar refractivity (Wildman–Crippen MR) is 61.9 cm³/mol. The van der Waals surface area contributed by atoms with E-state index in [1.807, 2.05) is 6.92 Å². The fraction of sp³-hybridized carbons (Fsp3) is 0.462. The smallest absolute Gasteiger partial charge is 0.323 e. The third kappa shape index (κ3) is 2.31. The van der Waals surface area contributed by atoms with E-state index in [0.29, 0.717) is 0 Å². The van der Waals surface area contributed by atoms with Gasteiger partial charge in [-0.1, -0.05) is 12.1 Å². The molecular formula is C13H16FNO2. The second-order valence-corrected chi connectivity index (χ2v) is 4.29. The van der Waals surface area contributed by atoms with Gasteiger partial charge in [0.25, 0.3) is 0 Å². The molecular weight excluding hydrogens is 221 g/mol. The van der Waals surface area contributed by atoms with Gasteiger partial charge in [-0.05, 0) is 31.0 Å². The number of ether oxygens (including phenoxy) is 1. The maximum Gasteiger partial charge on any atom is 0.323 e. The van der Waals surface area contributed by atoms with Gasteiger partial charge in [0, 0.05) is 12.6 Å². The molecule has 3 nitrogen and oxygen atoms in total. The fourth-order valence-corrected chi connectivity index (χ4v) is 2.19. The molecule has 1 aromatic carbocycles. The van der Waals surface area contributed by atoms with Crippen LogP contribution in [0.3, 0.4) is 0 Å². The topological polar surface area (TPSA) is 29.5 Å². The number of esters is 1. The van der Waals surface area contributed by atoms with Gasteiger partial charge in [0.2, 0.25) is 0 Å². The molecule has 0 bridgehead atoms. The van der Waals surface area contributed by atoms with Crippen LogP contribution in [-0.2, 0) is 9.53 Å². The molecule has 92 valence electrons. The molecule has 1 saturated heterocycles. The highest BCUT2D eigenvalue weighted by Crippen LogP contribution is 2.30. The summed E-state index contributed by atoms with van der Waals surface area (Å²) in [5.41, 5.74) is 1.01. The lowest BCUT2D eigenvalue weighted by Gasteiger charge is -2.43. The maximum atomic E-state index is 12.8. The van der Waals surface area contributed by atoms with Crippen molar-refractivity contribution in [2.45, 2.75) is 25.4 Å².